The number of carbonyl (C=O) groups is 1. The predicted molar refractivity (Wildman–Crippen MR) is 109 cm³/mol. The van der Waals surface area contributed by atoms with Crippen molar-refractivity contribution in [2.75, 3.05) is 13.2 Å². The molecule has 0 fully saturated rings. The minimum atomic E-state index is -4.69. The number of benzene rings is 2. The zero-order valence-electron chi connectivity index (χ0n) is 16.6. The van der Waals surface area contributed by atoms with Gasteiger partial charge in [-0.3, -0.25) is 0 Å². The Morgan fingerprint density at radius 3 is 2.45 bits per heavy atom. The van der Waals surface area contributed by atoms with Crippen molar-refractivity contribution < 1.29 is 31.9 Å². The van der Waals surface area contributed by atoms with Crippen LogP contribution < -0.4 is 10.4 Å². The second kappa shape index (κ2) is 8.67. The van der Waals surface area contributed by atoms with Gasteiger partial charge in [0.25, 0.3) is 0 Å². The SMILES string of the molecule is C=CC(=O)OCC(C)(COc1ccc2cc(-c3ccccc3)c(=O)oc2c1)C(F)(F)F. The standard InChI is InChI=1S/C23H19F3O5/c1-3-20(27)30-14-22(2,23(24,25)26)13-29-17-10-9-16-11-18(15-7-5-4-6-8-15)21(28)31-19(16)12-17/h3-12H,1,13-14H2,2H3. The minimum Gasteiger partial charge on any atom is -0.492 e. The third-order valence-electron chi connectivity index (χ3n) is 4.73. The Kier molecular flexibility index (Phi) is 6.19. The van der Waals surface area contributed by atoms with Crippen LogP contribution in [0.25, 0.3) is 22.1 Å². The molecule has 3 aromatic rings. The molecule has 0 saturated heterocycles. The number of fused-ring (bicyclic) bond motifs is 1. The van der Waals surface area contributed by atoms with Crippen LogP contribution in [0.5, 0.6) is 5.75 Å². The van der Waals surface area contributed by atoms with E-state index >= 15 is 0 Å². The van der Waals surface area contributed by atoms with E-state index in [0.29, 0.717) is 16.5 Å². The first-order valence-electron chi connectivity index (χ1n) is 9.25. The number of hydrogen-bond donors (Lipinski definition) is 0. The smallest absolute Gasteiger partial charge is 0.400 e. The van der Waals surface area contributed by atoms with Crippen molar-refractivity contribution in [2.45, 2.75) is 13.1 Å². The first kappa shape index (κ1) is 22.1. The van der Waals surface area contributed by atoms with E-state index in [9.17, 15) is 22.8 Å². The zero-order chi connectivity index (χ0) is 22.6. The molecule has 3 rings (SSSR count). The van der Waals surface area contributed by atoms with Crippen LogP contribution in [0.3, 0.4) is 0 Å². The normalized spacial score (nSPS) is 13.4. The summed E-state index contributed by atoms with van der Waals surface area (Å²) in [4.78, 5) is 23.5. The molecule has 0 aliphatic rings. The Labute approximate surface area is 175 Å². The van der Waals surface area contributed by atoms with Gasteiger partial charge in [0.2, 0.25) is 0 Å². The van der Waals surface area contributed by atoms with E-state index in [1.54, 1.807) is 36.4 Å². The number of halogens is 3. The quantitative estimate of drug-likeness (QED) is 0.294. The Balaban J connectivity index is 1.83. The van der Waals surface area contributed by atoms with Gasteiger partial charge in [-0.25, -0.2) is 9.59 Å². The molecule has 1 unspecified atom stereocenters. The van der Waals surface area contributed by atoms with E-state index in [4.69, 9.17) is 9.15 Å². The van der Waals surface area contributed by atoms with Gasteiger partial charge in [-0.15, -0.1) is 0 Å². The van der Waals surface area contributed by atoms with Crippen LogP contribution >= 0.6 is 0 Å². The maximum Gasteiger partial charge on any atom is 0.400 e. The number of hydrogen-bond acceptors (Lipinski definition) is 5. The van der Waals surface area contributed by atoms with Gasteiger partial charge >= 0.3 is 17.8 Å². The fourth-order valence-electron chi connectivity index (χ4n) is 2.74. The van der Waals surface area contributed by atoms with Crippen LogP contribution in [-0.4, -0.2) is 25.4 Å². The number of esters is 1. The van der Waals surface area contributed by atoms with Gasteiger partial charge in [0.15, 0.2) is 0 Å². The second-order valence-electron chi connectivity index (χ2n) is 7.17. The third-order valence-corrected chi connectivity index (χ3v) is 4.73. The lowest BCUT2D eigenvalue weighted by molar-refractivity contribution is -0.240. The zero-order valence-corrected chi connectivity index (χ0v) is 16.6. The summed E-state index contributed by atoms with van der Waals surface area (Å²) in [5.74, 6) is -0.884. The van der Waals surface area contributed by atoms with E-state index < -0.39 is 36.4 Å². The van der Waals surface area contributed by atoms with Crippen LogP contribution in [-0.2, 0) is 9.53 Å². The molecule has 1 atom stereocenters. The third kappa shape index (κ3) is 4.96. The van der Waals surface area contributed by atoms with Gasteiger partial charge < -0.3 is 13.9 Å². The van der Waals surface area contributed by atoms with Gasteiger partial charge in [0.1, 0.15) is 30.0 Å². The van der Waals surface area contributed by atoms with Crippen molar-refractivity contribution in [3.05, 3.63) is 77.7 Å². The summed E-state index contributed by atoms with van der Waals surface area (Å²) in [7, 11) is 0. The molecule has 1 aromatic heterocycles. The topological polar surface area (TPSA) is 65.7 Å². The van der Waals surface area contributed by atoms with E-state index in [2.05, 4.69) is 11.3 Å². The molecule has 0 aliphatic carbocycles. The fraction of sp³-hybridized carbons (Fsp3) is 0.217. The average molecular weight is 432 g/mol. The van der Waals surface area contributed by atoms with E-state index in [1.807, 2.05) is 6.07 Å². The van der Waals surface area contributed by atoms with E-state index in [1.165, 1.54) is 12.1 Å². The minimum absolute atomic E-state index is 0.0774. The summed E-state index contributed by atoms with van der Waals surface area (Å²) in [6.45, 7) is 2.31. The molecule has 31 heavy (non-hydrogen) atoms. The molecule has 0 amide bonds. The van der Waals surface area contributed by atoms with E-state index in [0.717, 1.165) is 13.0 Å². The predicted octanol–water partition coefficient (Wildman–Crippen LogP) is 5.14. The van der Waals surface area contributed by atoms with Crippen molar-refractivity contribution in [1.29, 1.82) is 0 Å². The Morgan fingerprint density at radius 2 is 1.81 bits per heavy atom. The Hall–Kier alpha value is -3.55. The fourth-order valence-corrected chi connectivity index (χ4v) is 2.74. The summed E-state index contributed by atoms with van der Waals surface area (Å²) in [6, 6.07) is 15.0. The summed E-state index contributed by atoms with van der Waals surface area (Å²) in [6.07, 6.45) is -3.91. The highest BCUT2D eigenvalue weighted by Crippen LogP contribution is 2.39. The largest absolute Gasteiger partial charge is 0.492 e. The van der Waals surface area contributed by atoms with Crippen molar-refractivity contribution in [2.24, 2.45) is 5.41 Å². The lowest BCUT2D eigenvalue weighted by atomic mass is 9.92. The van der Waals surface area contributed by atoms with Crippen LogP contribution in [0.4, 0.5) is 13.2 Å². The highest BCUT2D eigenvalue weighted by Gasteiger charge is 2.53. The molecule has 0 spiro atoms. The average Bonchev–Trinajstić information content (AvgIpc) is 2.75. The lowest BCUT2D eigenvalue weighted by Crippen LogP contribution is -2.44. The van der Waals surface area contributed by atoms with Gasteiger partial charge in [-0.2, -0.15) is 13.2 Å². The molecule has 0 N–H and O–H groups in total. The molecule has 5 nitrogen and oxygen atoms in total. The molecule has 0 aliphatic heterocycles. The summed E-state index contributed by atoms with van der Waals surface area (Å²) in [5.41, 5.74) is -1.79. The number of carbonyl (C=O) groups excluding carboxylic acids is 1. The summed E-state index contributed by atoms with van der Waals surface area (Å²) >= 11 is 0. The van der Waals surface area contributed by atoms with Gasteiger partial charge in [0.05, 0.1) is 5.56 Å². The maximum atomic E-state index is 13.5. The van der Waals surface area contributed by atoms with Crippen LogP contribution in [0.15, 0.2) is 76.5 Å². The molecule has 0 bridgehead atoms. The van der Waals surface area contributed by atoms with Crippen LogP contribution in [0.1, 0.15) is 6.92 Å². The summed E-state index contributed by atoms with van der Waals surface area (Å²) in [5, 5.41) is 0.587. The highest BCUT2D eigenvalue weighted by molar-refractivity contribution is 5.82. The molecule has 0 radical (unpaired) electrons. The molecule has 0 saturated carbocycles. The molecular weight excluding hydrogens is 413 g/mol. The maximum absolute atomic E-state index is 13.5. The highest BCUT2D eigenvalue weighted by atomic mass is 19.4. The van der Waals surface area contributed by atoms with Crippen LogP contribution in [0.2, 0.25) is 0 Å². The molecule has 2 aromatic carbocycles. The first-order valence-corrected chi connectivity index (χ1v) is 9.25. The molecular formula is C23H19F3O5. The van der Waals surface area contributed by atoms with Crippen molar-refractivity contribution >= 4 is 16.9 Å². The Bertz CT molecular complexity index is 1150. The number of alkyl halides is 3. The van der Waals surface area contributed by atoms with Gasteiger partial charge in [0, 0.05) is 17.5 Å². The molecule has 8 heteroatoms. The van der Waals surface area contributed by atoms with Crippen molar-refractivity contribution in [3.8, 4) is 16.9 Å². The second-order valence-corrected chi connectivity index (χ2v) is 7.17. The molecule has 162 valence electrons. The van der Waals surface area contributed by atoms with Gasteiger partial charge in [-0.1, -0.05) is 36.9 Å². The first-order chi connectivity index (χ1) is 14.6. The monoisotopic (exact) mass is 432 g/mol. The van der Waals surface area contributed by atoms with Gasteiger partial charge in [-0.05, 0) is 30.7 Å². The number of ether oxygens (including phenoxy) is 2. The van der Waals surface area contributed by atoms with Crippen LogP contribution in [0, 0.1) is 5.41 Å². The van der Waals surface area contributed by atoms with Crippen molar-refractivity contribution in [1.82, 2.24) is 0 Å². The summed E-state index contributed by atoms with van der Waals surface area (Å²) < 4.78 is 55.8. The van der Waals surface area contributed by atoms with E-state index in [-0.39, 0.29) is 11.3 Å². The number of rotatable bonds is 7. The lowest BCUT2D eigenvalue weighted by Gasteiger charge is -2.31. The van der Waals surface area contributed by atoms with Crippen molar-refractivity contribution in [3.63, 3.8) is 0 Å². The molecule has 1 heterocycles. The Morgan fingerprint density at radius 1 is 1.10 bits per heavy atom.